The summed E-state index contributed by atoms with van der Waals surface area (Å²) in [6.45, 7) is 5.46. The van der Waals surface area contributed by atoms with Gasteiger partial charge in [-0.1, -0.05) is 32.0 Å². The SMILES string of the molecule is CN=C(NC1CCN(C(=O)C(C)C)CC1)NC1CC1c1ccccc1F. The van der Waals surface area contributed by atoms with Crippen molar-refractivity contribution < 1.29 is 9.18 Å². The Balaban J connectivity index is 1.47. The minimum absolute atomic E-state index is 0.0547. The molecule has 2 atom stereocenters. The lowest BCUT2D eigenvalue weighted by atomic mass is 10.0. The number of carbonyl (C=O) groups excluding carboxylic acids is 1. The summed E-state index contributed by atoms with van der Waals surface area (Å²) < 4.78 is 13.9. The van der Waals surface area contributed by atoms with Crippen molar-refractivity contribution in [2.24, 2.45) is 10.9 Å². The molecule has 1 amide bonds. The molecule has 2 unspecified atom stereocenters. The number of likely N-dealkylation sites (tertiary alicyclic amines) is 1. The Hall–Kier alpha value is -2.11. The molecule has 1 aromatic rings. The van der Waals surface area contributed by atoms with Gasteiger partial charge in [-0.3, -0.25) is 9.79 Å². The fourth-order valence-electron chi connectivity index (χ4n) is 3.62. The summed E-state index contributed by atoms with van der Waals surface area (Å²) in [6, 6.07) is 7.51. The number of rotatable bonds is 4. The molecule has 0 aromatic heterocycles. The van der Waals surface area contributed by atoms with Crippen molar-refractivity contribution in [1.29, 1.82) is 0 Å². The Morgan fingerprint density at radius 1 is 1.23 bits per heavy atom. The van der Waals surface area contributed by atoms with Gasteiger partial charge in [0.25, 0.3) is 0 Å². The number of halogens is 1. The lowest BCUT2D eigenvalue weighted by Crippen LogP contribution is -2.50. The van der Waals surface area contributed by atoms with E-state index in [1.165, 1.54) is 6.07 Å². The molecule has 3 rings (SSSR count). The Morgan fingerprint density at radius 2 is 1.92 bits per heavy atom. The first-order valence-corrected chi connectivity index (χ1v) is 9.52. The van der Waals surface area contributed by atoms with Gasteiger partial charge in [0.2, 0.25) is 5.91 Å². The van der Waals surface area contributed by atoms with Crippen LogP contribution in [0, 0.1) is 11.7 Å². The topological polar surface area (TPSA) is 56.7 Å². The monoisotopic (exact) mass is 360 g/mol. The first-order valence-electron chi connectivity index (χ1n) is 9.52. The summed E-state index contributed by atoms with van der Waals surface area (Å²) in [5.41, 5.74) is 0.779. The molecule has 0 spiro atoms. The number of hydrogen-bond acceptors (Lipinski definition) is 2. The van der Waals surface area contributed by atoms with Crippen LogP contribution in [-0.4, -0.2) is 49.0 Å². The van der Waals surface area contributed by atoms with Crippen molar-refractivity contribution in [3.05, 3.63) is 35.6 Å². The Bertz CT molecular complexity index is 668. The second kappa shape index (κ2) is 8.06. The number of hydrogen-bond donors (Lipinski definition) is 2. The van der Waals surface area contributed by atoms with Crippen LogP contribution in [-0.2, 0) is 4.79 Å². The Labute approximate surface area is 155 Å². The zero-order chi connectivity index (χ0) is 18.7. The lowest BCUT2D eigenvalue weighted by Gasteiger charge is -2.34. The zero-order valence-electron chi connectivity index (χ0n) is 15.8. The van der Waals surface area contributed by atoms with Crippen molar-refractivity contribution in [1.82, 2.24) is 15.5 Å². The van der Waals surface area contributed by atoms with E-state index in [0.29, 0.717) is 6.04 Å². The highest BCUT2D eigenvalue weighted by atomic mass is 19.1. The van der Waals surface area contributed by atoms with Gasteiger partial charge in [0.1, 0.15) is 5.82 Å². The van der Waals surface area contributed by atoms with Crippen LogP contribution in [0.25, 0.3) is 0 Å². The molecule has 0 bridgehead atoms. The summed E-state index contributed by atoms with van der Waals surface area (Å²) >= 11 is 0. The van der Waals surface area contributed by atoms with Gasteiger partial charge in [-0.05, 0) is 30.9 Å². The summed E-state index contributed by atoms with van der Waals surface area (Å²) in [5.74, 6) is 1.13. The van der Waals surface area contributed by atoms with Crippen LogP contribution in [0.4, 0.5) is 4.39 Å². The predicted molar refractivity (Wildman–Crippen MR) is 102 cm³/mol. The Morgan fingerprint density at radius 3 is 2.54 bits per heavy atom. The summed E-state index contributed by atoms with van der Waals surface area (Å²) in [4.78, 5) is 18.3. The highest BCUT2D eigenvalue weighted by molar-refractivity contribution is 5.81. The maximum absolute atomic E-state index is 13.9. The molecule has 142 valence electrons. The predicted octanol–water partition coefficient (Wildman–Crippen LogP) is 2.49. The zero-order valence-corrected chi connectivity index (χ0v) is 15.8. The third-order valence-corrected chi connectivity index (χ3v) is 5.28. The van der Waals surface area contributed by atoms with Crippen LogP contribution in [0.15, 0.2) is 29.3 Å². The Kier molecular flexibility index (Phi) is 5.79. The average Bonchev–Trinajstić information content (AvgIpc) is 3.40. The van der Waals surface area contributed by atoms with Gasteiger partial charge >= 0.3 is 0 Å². The molecule has 0 radical (unpaired) electrons. The van der Waals surface area contributed by atoms with Gasteiger partial charge in [0.15, 0.2) is 5.96 Å². The molecule has 2 aliphatic rings. The average molecular weight is 360 g/mol. The second-order valence-corrected chi connectivity index (χ2v) is 7.59. The first kappa shape index (κ1) is 18.7. The van der Waals surface area contributed by atoms with E-state index in [4.69, 9.17) is 0 Å². The molecule has 2 fully saturated rings. The molecule has 2 N–H and O–H groups in total. The third kappa shape index (κ3) is 4.34. The number of guanidine groups is 1. The van der Waals surface area contributed by atoms with E-state index >= 15 is 0 Å². The summed E-state index contributed by atoms with van der Waals surface area (Å²) in [7, 11) is 1.76. The number of nitrogens with zero attached hydrogens (tertiary/aromatic N) is 2. The summed E-state index contributed by atoms with van der Waals surface area (Å²) in [6.07, 6.45) is 2.75. The van der Waals surface area contributed by atoms with Crippen LogP contribution in [0.2, 0.25) is 0 Å². The van der Waals surface area contributed by atoms with Crippen molar-refractivity contribution in [3.63, 3.8) is 0 Å². The van der Waals surface area contributed by atoms with E-state index in [1.807, 2.05) is 30.9 Å². The molecule has 1 heterocycles. The van der Waals surface area contributed by atoms with Gasteiger partial charge in [-0.25, -0.2) is 4.39 Å². The fourth-order valence-corrected chi connectivity index (χ4v) is 3.62. The van der Waals surface area contributed by atoms with E-state index in [9.17, 15) is 9.18 Å². The van der Waals surface area contributed by atoms with Crippen LogP contribution in [0.1, 0.15) is 44.6 Å². The van der Waals surface area contributed by atoms with E-state index in [0.717, 1.165) is 43.9 Å². The third-order valence-electron chi connectivity index (χ3n) is 5.28. The molecule has 6 heteroatoms. The molecule has 26 heavy (non-hydrogen) atoms. The molecule has 5 nitrogen and oxygen atoms in total. The number of piperidine rings is 1. The van der Waals surface area contributed by atoms with E-state index in [-0.39, 0.29) is 29.6 Å². The van der Waals surface area contributed by atoms with Crippen molar-refractivity contribution >= 4 is 11.9 Å². The van der Waals surface area contributed by atoms with E-state index in [1.54, 1.807) is 13.1 Å². The van der Waals surface area contributed by atoms with E-state index in [2.05, 4.69) is 15.6 Å². The van der Waals surface area contributed by atoms with Gasteiger partial charge < -0.3 is 15.5 Å². The maximum Gasteiger partial charge on any atom is 0.225 e. The van der Waals surface area contributed by atoms with E-state index < -0.39 is 0 Å². The van der Waals surface area contributed by atoms with Gasteiger partial charge in [-0.2, -0.15) is 0 Å². The van der Waals surface area contributed by atoms with Crippen LogP contribution < -0.4 is 10.6 Å². The van der Waals surface area contributed by atoms with Crippen molar-refractivity contribution in [2.75, 3.05) is 20.1 Å². The first-order chi connectivity index (χ1) is 12.5. The quantitative estimate of drug-likeness (QED) is 0.641. The molecule has 1 saturated carbocycles. The summed E-state index contributed by atoms with van der Waals surface area (Å²) in [5, 5.41) is 6.87. The lowest BCUT2D eigenvalue weighted by molar-refractivity contribution is -0.135. The van der Waals surface area contributed by atoms with Gasteiger partial charge in [0.05, 0.1) is 0 Å². The largest absolute Gasteiger partial charge is 0.354 e. The number of aliphatic imine (C=N–C) groups is 1. The van der Waals surface area contributed by atoms with Gasteiger partial charge in [-0.15, -0.1) is 0 Å². The minimum atomic E-state index is -0.132. The van der Waals surface area contributed by atoms with Crippen molar-refractivity contribution in [2.45, 2.75) is 51.1 Å². The standard InChI is InChI=1S/C20H29FN4O/c1-13(2)19(26)25-10-8-14(9-11-25)23-20(22-3)24-18-12-16(18)15-6-4-5-7-17(15)21/h4-7,13-14,16,18H,8-12H2,1-3H3,(H2,22,23,24). The van der Waals surface area contributed by atoms with Crippen molar-refractivity contribution in [3.8, 4) is 0 Å². The molecule has 1 saturated heterocycles. The highest BCUT2D eigenvalue weighted by Crippen LogP contribution is 2.41. The number of amides is 1. The molecular formula is C20H29FN4O. The molecular weight excluding hydrogens is 331 g/mol. The molecule has 1 aliphatic carbocycles. The van der Waals surface area contributed by atoms with Crippen LogP contribution >= 0.6 is 0 Å². The molecule has 1 aromatic carbocycles. The normalized spacial score (nSPS) is 23.9. The maximum atomic E-state index is 13.9. The van der Waals surface area contributed by atoms with Crippen LogP contribution in [0.3, 0.4) is 0 Å². The van der Waals surface area contributed by atoms with Crippen LogP contribution in [0.5, 0.6) is 0 Å². The smallest absolute Gasteiger partial charge is 0.225 e. The highest BCUT2D eigenvalue weighted by Gasteiger charge is 2.40. The number of benzene rings is 1. The van der Waals surface area contributed by atoms with Gasteiger partial charge in [0, 0.05) is 44.1 Å². The number of nitrogens with one attached hydrogen (secondary N) is 2. The second-order valence-electron chi connectivity index (χ2n) is 7.59. The fraction of sp³-hybridized carbons (Fsp3) is 0.600. The minimum Gasteiger partial charge on any atom is -0.354 e. The molecule has 1 aliphatic heterocycles. The number of carbonyl (C=O) groups is 1.